The molecule has 174 valence electrons. The van der Waals surface area contributed by atoms with E-state index in [9.17, 15) is 10.1 Å². The molecule has 2 heterocycles. The van der Waals surface area contributed by atoms with Crippen LogP contribution in [0.25, 0.3) is 12.2 Å². The predicted octanol–water partition coefficient (Wildman–Crippen LogP) is 5.29. The lowest BCUT2D eigenvalue weighted by Gasteiger charge is -2.34. The Labute approximate surface area is 201 Å². The van der Waals surface area contributed by atoms with Crippen LogP contribution >= 0.6 is 0 Å². The summed E-state index contributed by atoms with van der Waals surface area (Å²) in [6.45, 7) is 10.8. The Bertz CT molecular complexity index is 1230. The zero-order valence-electron chi connectivity index (χ0n) is 20.2. The van der Waals surface area contributed by atoms with Gasteiger partial charge in [0.25, 0.3) is 5.91 Å². The second-order valence-electron chi connectivity index (χ2n) is 9.67. The van der Waals surface area contributed by atoms with Gasteiger partial charge in [-0.25, -0.2) is 0 Å². The van der Waals surface area contributed by atoms with Crippen LogP contribution in [0.5, 0.6) is 0 Å². The van der Waals surface area contributed by atoms with Crippen molar-refractivity contribution in [3.8, 4) is 6.07 Å². The Balaban J connectivity index is 1.43. The summed E-state index contributed by atoms with van der Waals surface area (Å²) in [5.41, 5.74) is 4.45. The average molecular weight is 455 g/mol. The molecule has 4 rings (SSSR count). The van der Waals surface area contributed by atoms with Crippen LogP contribution in [0.3, 0.4) is 0 Å². The number of hydrogen-bond acceptors (Lipinski definition) is 5. The summed E-state index contributed by atoms with van der Waals surface area (Å²) in [5.74, 6) is 0.889. The van der Waals surface area contributed by atoms with E-state index < -0.39 is 0 Å². The van der Waals surface area contributed by atoms with Crippen LogP contribution in [0.2, 0.25) is 0 Å². The van der Waals surface area contributed by atoms with Crippen LogP contribution in [0.4, 0.5) is 5.88 Å². The maximum Gasteiger partial charge on any atom is 0.253 e. The third-order valence-electron chi connectivity index (χ3n) is 6.05. The highest BCUT2D eigenvalue weighted by atomic mass is 16.4. The number of oxazole rings is 1. The summed E-state index contributed by atoms with van der Waals surface area (Å²) in [6.07, 6.45) is 3.72. The summed E-state index contributed by atoms with van der Waals surface area (Å²) in [5, 5.41) is 9.58. The van der Waals surface area contributed by atoms with Gasteiger partial charge in [-0.3, -0.25) is 4.79 Å². The van der Waals surface area contributed by atoms with Crippen molar-refractivity contribution in [1.82, 2.24) is 9.88 Å². The summed E-state index contributed by atoms with van der Waals surface area (Å²) in [4.78, 5) is 21.0. The van der Waals surface area contributed by atoms with E-state index >= 15 is 0 Å². The van der Waals surface area contributed by atoms with Gasteiger partial charge >= 0.3 is 0 Å². The second-order valence-corrected chi connectivity index (χ2v) is 9.67. The molecule has 0 saturated carbocycles. The van der Waals surface area contributed by atoms with Crippen molar-refractivity contribution in [2.75, 3.05) is 31.1 Å². The van der Waals surface area contributed by atoms with Crippen molar-refractivity contribution in [2.45, 2.75) is 33.1 Å². The molecule has 0 radical (unpaired) electrons. The van der Waals surface area contributed by atoms with Crippen molar-refractivity contribution >= 4 is 23.9 Å². The van der Waals surface area contributed by atoms with Crippen LogP contribution in [0.1, 0.15) is 59.4 Å². The topological polar surface area (TPSA) is 73.4 Å². The highest BCUT2D eigenvalue weighted by Crippen LogP contribution is 2.26. The molecular formula is C28H30N4O2. The Morgan fingerprint density at radius 3 is 2.38 bits per heavy atom. The Hall–Kier alpha value is -3.85. The molecular weight excluding hydrogens is 424 g/mol. The minimum Gasteiger partial charge on any atom is -0.420 e. The number of anilines is 1. The molecule has 1 aromatic heterocycles. The number of carbonyl (C=O) groups is 1. The van der Waals surface area contributed by atoms with Crippen molar-refractivity contribution in [3.05, 3.63) is 82.4 Å². The van der Waals surface area contributed by atoms with Gasteiger partial charge in [-0.1, -0.05) is 62.7 Å². The molecule has 0 spiro atoms. The zero-order valence-corrected chi connectivity index (χ0v) is 20.2. The van der Waals surface area contributed by atoms with E-state index in [2.05, 4.69) is 56.1 Å². The van der Waals surface area contributed by atoms with Crippen LogP contribution in [0.15, 0.2) is 52.9 Å². The quantitative estimate of drug-likeness (QED) is 0.536. The fourth-order valence-corrected chi connectivity index (χ4v) is 4.02. The molecule has 0 atom stereocenters. The number of aryl methyl sites for hydroxylation is 1. The predicted molar refractivity (Wildman–Crippen MR) is 135 cm³/mol. The van der Waals surface area contributed by atoms with Gasteiger partial charge in [-0.05, 0) is 41.7 Å². The third kappa shape index (κ3) is 5.20. The molecule has 34 heavy (non-hydrogen) atoms. The van der Waals surface area contributed by atoms with E-state index in [1.807, 2.05) is 47.1 Å². The van der Waals surface area contributed by atoms with Crippen LogP contribution in [0, 0.1) is 18.3 Å². The number of piperazine rings is 1. The Morgan fingerprint density at radius 2 is 1.76 bits per heavy atom. The van der Waals surface area contributed by atoms with Crippen molar-refractivity contribution in [2.24, 2.45) is 0 Å². The van der Waals surface area contributed by atoms with Gasteiger partial charge in [0.1, 0.15) is 6.07 Å². The lowest BCUT2D eigenvalue weighted by Crippen LogP contribution is -2.48. The maximum atomic E-state index is 12.8. The second kappa shape index (κ2) is 9.56. The smallest absolute Gasteiger partial charge is 0.253 e. The molecule has 3 aromatic rings. The van der Waals surface area contributed by atoms with Gasteiger partial charge in [0.2, 0.25) is 17.5 Å². The molecule has 1 aliphatic rings. The number of hydrogen-bond donors (Lipinski definition) is 0. The van der Waals surface area contributed by atoms with Crippen LogP contribution in [-0.2, 0) is 5.41 Å². The number of amides is 1. The molecule has 0 unspecified atom stereocenters. The maximum absolute atomic E-state index is 12.8. The molecule has 1 saturated heterocycles. The summed E-state index contributed by atoms with van der Waals surface area (Å²) in [6, 6.07) is 18.2. The van der Waals surface area contributed by atoms with Crippen molar-refractivity contribution in [3.63, 3.8) is 0 Å². The molecule has 6 heteroatoms. The zero-order chi connectivity index (χ0) is 24.3. The number of nitriles is 1. The van der Waals surface area contributed by atoms with Gasteiger partial charge in [0.05, 0.1) is 0 Å². The lowest BCUT2D eigenvalue weighted by atomic mass is 9.87. The minimum absolute atomic E-state index is 0.0301. The lowest BCUT2D eigenvalue weighted by molar-refractivity contribution is 0.0745. The molecule has 6 nitrogen and oxygen atoms in total. The van der Waals surface area contributed by atoms with E-state index in [1.54, 1.807) is 6.08 Å². The molecule has 2 aromatic carbocycles. The van der Waals surface area contributed by atoms with E-state index in [-0.39, 0.29) is 17.0 Å². The monoisotopic (exact) mass is 454 g/mol. The first-order chi connectivity index (χ1) is 16.2. The summed E-state index contributed by atoms with van der Waals surface area (Å²) < 4.78 is 5.94. The fraction of sp³-hybridized carbons (Fsp3) is 0.321. The van der Waals surface area contributed by atoms with E-state index in [0.29, 0.717) is 43.5 Å². The van der Waals surface area contributed by atoms with E-state index in [1.165, 1.54) is 5.56 Å². The SMILES string of the molecule is Cc1cccc(C(=O)N2CCN(c3oc(/C=C/c4ccc(C(C)(C)C)cc4)nc3C#N)CC2)c1. The number of rotatable bonds is 4. The average Bonchev–Trinajstić information content (AvgIpc) is 3.25. The normalized spacial score (nSPS) is 14.4. The van der Waals surface area contributed by atoms with Crippen molar-refractivity contribution < 1.29 is 9.21 Å². The first-order valence-electron chi connectivity index (χ1n) is 11.5. The van der Waals surface area contributed by atoms with Gasteiger partial charge in [-0.15, -0.1) is 0 Å². The number of carbonyl (C=O) groups excluding carboxylic acids is 1. The number of nitrogens with zero attached hydrogens (tertiary/aromatic N) is 4. The van der Waals surface area contributed by atoms with Crippen LogP contribution < -0.4 is 4.90 Å². The van der Waals surface area contributed by atoms with Gasteiger partial charge < -0.3 is 14.2 Å². The molecule has 1 fully saturated rings. The number of benzene rings is 2. The van der Waals surface area contributed by atoms with Gasteiger partial charge in [0.15, 0.2) is 0 Å². The molecule has 1 amide bonds. The van der Waals surface area contributed by atoms with E-state index in [4.69, 9.17) is 4.42 Å². The Morgan fingerprint density at radius 1 is 1.06 bits per heavy atom. The molecule has 0 N–H and O–H groups in total. The van der Waals surface area contributed by atoms with E-state index in [0.717, 1.165) is 11.1 Å². The first kappa shape index (κ1) is 23.3. The highest BCUT2D eigenvalue weighted by molar-refractivity contribution is 5.94. The minimum atomic E-state index is 0.0301. The number of aromatic nitrogens is 1. The van der Waals surface area contributed by atoms with Gasteiger partial charge in [0, 0.05) is 37.8 Å². The first-order valence-corrected chi connectivity index (χ1v) is 11.5. The van der Waals surface area contributed by atoms with Crippen LogP contribution in [-0.4, -0.2) is 42.0 Å². The third-order valence-corrected chi connectivity index (χ3v) is 6.05. The fourth-order valence-electron chi connectivity index (χ4n) is 4.02. The highest BCUT2D eigenvalue weighted by Gasteiger charge is 2.26. The van der Waals surface area contributed by atoms with Gasteiger partial charge in [-0.2, -0.15) is 10.2 Å². The molecule has 0 bridgehead atoms. The van der Waals surface area contributed by atoms with Crippen molar-refractivity contribution in [1.29, 1.82) is 5.26 Å². The standard InChI is InChI=1S/C28H30N4O2/c1-20-6-5-7-22(18-20)26(33)31-14-16-32(17-15-31)27-24(19-29)30-25(34-27)13-10-21-8-11-23(12-9-21)28(2,3)4/h5-13,18H,14-17H2,1-4H3/b13-10+. The largest absolute Gasteiger partial charge is 0.420 e. The molecule has 1 aliphatic heterocycles. The summed E-state index contributed by atoms with van der Waals surface area (Å²) >= 11 is 0. The Kier molecular flexibility index (Phi) is 6.56. The summed E-state index contributed by atoms with van der Waals surface area (Å²) in [7, 11) is 0. The molecule has 0 aliphatic carbocycles.